The van der Waals surface area contributed by atoms with Gasteiger partial charge in [0.15, 0.2) is 18.0 Å². The molecule has 2 heterocycles. The minimum Gasteiger partial charge on any atom is -0.387 e. The van der Waals surface area contributed by atoms with Crippen LogP contribution in [-0.2, 0) is 9.63 Å². The van der Waals surface area contributed by atoms with Crippen molar-refractivity contribution in [2.45, 2.75) is 23.0 Å². The van der Waals surface area contributed by atoms with Crippen molar-refractivity contribution in [2.75, 3.05) is 19.0 Å². The number of aliphatic imine (C=N–C) groups is 1. The molecule has 11 heteroatoms. The number of nitrogens with one attached hydrogen (secondary N) is 2. The number of hydrogen-bond donors (Lipinski definition) is 3. The lowest BCUT2D eigenvalue weighted by Gasteiger charge is -2.03. The molecule has 1 aromatic carbocycles. The van der Waals surface area contributed by atoms with Crippen LogP contribution in [0.15, 0.2) is 57.6 Å². The van der Waals surface area contributed by atoms with Gasteiger partial charge in [0.2, 0.25) is 0 Å². The number of anilines is 1. The summed E-state index contributed by atoms with van der Waals surface area (Å²) in [6.07, 6.45) is 5.78. The van der Waals surface area contributed by atoms with Gasteiger partial charge in [-0.2, -0.15) is 0 Å². The predicted molar refractivity (Wildman–Crippen MR) is 131 cm³/mol. The summed E-state index contributed by atoms with van der Waals surface area (Å²) in [4.78, 5) is 30.1. The van der Waals surface area contributed by atoms with Gasteiger partial charge in [0.05, 0.1) is 0 Å². The molecule has 0 aliphatic heterocycles. The maximum absolute atomic E-state index is 11.1. The molecule has 1 aliphatic carbocycles. The van der Waals surface area contributed by atoms with E-state index in [1.54, 1.807) is 17.5 Å². The average Bonchev–Trinajstić information content (AvgIpc) is 3.52. The third-order valence-electron chi connectivity index (χ3n) is 4.07. The molecule has 3 aromatic rings. The fourth-order valence-corrected chi connectivity index (χ4v) is 4.20. The van der Waals surface area contributed by atoms with Crippen LogP contribution in [0.25, 0.3) is 10.3 Å². The number of nitrogens with two attached hydrogens (primary N) is 1. The van der Waals surface area contributed by atoms with E-state index >= 15 is 0 Å². The Morgan fingerprint density at radius 2 is 2.16 bits per heavy atom. The molecule has 1 fully saturated rings. The van der Waals surface area contributed by atoms with Crippen molar-refractivity contribution < 1.29 is 9.63 Å². The zero-order valence-corrected chi connectivity index (χ0v) is 19.0. The first-order valence-corrected chi connectivity index (χ1v) is 11.4. The fourth-order valence-electron chi connectivity index (χ4n) is 2.39. The van der Waals surface area contributed by atoms with Gasteiger partial charge in [-0.3, -0.25) is 10.2 Å². The van der Waals surface area contributed by atoms with E-state index in [2.05, 4.69) is 25.4 Å². The number of oxime groups is 1. The Morgan fingerprint density at radius 1 is 1.38 bits per heavy atom. The molecule has 0 bridgehead atoms. The van der Waals surface area contributed by atoms with Crippen LogP contribution in [-0.4, -0.2) is 53.0 Å². The summed E-state index contributed by atoms with van der Waals surface area (Å²) in [5.74, 6) is 0.121. The lowest BCUT2D eigenvalue weighted by atomic mass is 10.1. The number of rotatable bonds is 9. The van der Waals surface area contributed by atoms with Crippen molar-refractivity contribution in [3.05, 3.63) is 48.2 Å². The summed E-state index contributed by atoms with van der Waals surface area (Å²) in [5.41, 5.74) is 7.28. The molecule has 0 radical (unpaired) electrons. The lowest BCUT2D eigenvalue weighted by Crippen LogP contribution is -2.18. The molecular weight excluding hydrogens is 446 g/mol. The second kappa shape index (κ2) is 11.9. The van der Waals surface area contributed by atoms with E-state index in [4.69, 9.17) is 16.0 Å². The smallest absolute Gasteiger partial charge is 0.185 e. The molecule has 0 spiro atoms. The second-order valence-electron chi connectivity index (χ2n) is 6.56. The number of aldehydes is 1. The summed E-state index contributed by atoms with van der Waals surface area (Å²) >= 11 is 3.42. The molecule has 0 atom stereocenters. The van der Waals surface area contributed by atoms with Crippen molar-refractivity contribution in [3.63, 3.8) is 0 Å². The normalized spacial score (nSPS) is 13.8. The van der Waals surface area contributed by atoms with Crippen LogP contribution in [0.3, 0.4) is 0 Å². The number of carbonyl (C=O) groups is 1. The van der Waals surface area contributed by atoms with Gasteiger partial charge in [0.25, 0.3) is 0 Å². The van der Waals surface area contributed by atoms with Gasteiger partial charge in [-0.05, 0) is 37.1 Å². The first kappa shape index (κ1) is 23.4. The van der Waals surface area contributed by atoms with Crippen LogP contribution in [0.1, 0.15) is 18.4 Å². The zero-order valence-electron chi connectivity index (χ0n) is 17.4. The highest BCUT2D eigenvalue weighted by molar-refractivity contribution is 8.00. The lowest BCUT2D eigenvalue weighted by molar-refractivity contribution is -0.102. The van der Waals surface area contributed by atoms with Crippen LogP contribution in [0.2, 0.25) is 0 Å². The standard InChI is InChI=1S/C14H16N4O2S.C7H7N3S/c15-9-17-14(16)8-20-18-13(7-19)10-1-3-11(4-2-10)21-12-5-6-12;1-8-7-10-5-3-2-4-9-6(5)11-7/h1-4,7,9,12H,5-6,8H2,(H3,15,16,17);2-4H,1H3,(H,8,10)/b18-13-;. The molecule has 2 aromatic heterocycles. The predicted octanol–water partition coefficient (Wildman–Crippen LogP) is 3.56. The Balaban J connectivity index is 0.000000219. The molecule has 1 aliphatic rings. The average molecular weight is 470 g/mol. The highest BCUT2D eigenvalue weighted by atomic mass is 32.2. The monoisotopic (exact) mass is 469 g/mol. The van der Waals surface area contributed by atoms with Gasteiger partial charge in [-0.25, -0.2) is 15.0 Å². The molecule has 1 saturated carbocycles. The van der Waals surface area contributed by atoms with E-state index in [1.165, 1.54) is 17.7 Å². The SMILES string of the molecule is CNc1nc2cccnc2s1.N=CN=C(N)CO/N=C(/C=O)c1ccc(SC2CC2)cc1. The molecule has 0 saturated heterocycles. The van der Waals surface area contributed by atoms with Crippen LogP contribution in [0.4, 0.5) is 5.13 Å². The van der Waals surface area contributed by atoms with Crippen molar-refractivity contribution in [1.29, 1.82) is 5.41 Å². The largest absolute Gasteiger partial charge is 0.387 e. The van der Waals surface area contributed by atoms with E-state index < -0.39 is 0 Å². The van der Waals surface area contributed by atoms with E-state index in [0.717, 1.165) is 27.1 Å². The van der Waals surface area contributed by atoms with E-state index in [1.807, 2.05) is 55.2 Å². The molecule has 4 rings (SSSR count). The van der Waals surface area contributed by atoms with E-state index in [0.29, 0.717) is 11.8 Å². The number of nitrogens with zero attached hydrogens (tertiary/aromatic N) is 4. The Morgan fingerprint density at radius 3 is 2.78 bits per heavy atom. The summed E-state index contributed by atoms with van der Waals surface area (Å²) in [6, 6.07) is 11.5. The Hall–Kier alpha value is -3.31. The Kier molecular flexibility index (Phi) is 8.70. The molecular formula is C21H23N7O2S2. The van der Waals surface area contributed by atoms with Crippen molar-refractivity contribution in [3.8, 4) is 0 Å². The number of thiazole rings is 1. The first-order valence-electron chi connectivity index (χ1n) is 9.75. The van der Waals surface area contributed by atoms with Gasteiger partial charge >= 0.3 is 0 Å². The number of benzene rings is 1. The van der Waals surface area contributed by atoms with Crippen molar-refractivity contribution >= 4 is 62.7 Å². The third-order valence-corrected chi connectivity index (χ3v) is 6.42. The van der Waals surface area contributed by atoms with Crippen LogP contribution >= 0.6 is 23.1 Å². The maximum Gasteiger partial charge on any atom is 0.185 e. The van der Waals surface area contributed by atoms with Crippen LogP contribution in [0, 0.1) is 5.41 Å². The highest BCUT2D eigenvalue weighted by Crippen LogP contribution is 2.39. The van der Waals surface area contributed by atoms with Crippen molar-refractivity contribution in [2.24, 2.45) is 15.9 Å². The van der Waals surface area contributed by atoms with Crippen molar-refractivity contribution in [1.82, 2.24) is 9.97 Å². The van der Waals surface area contributed by atoms with Crippen LogP contribution < -0.4 is 11.1 Å². The minimum absolute atomic E-state index is 0.0671. The number of carbonyl (C=O) groups excluding carboxylic acids is 1. The number of fused-ring (bicyclic) bond motifs is 1. The van der Waals surface area contributed by atoms with Gasteiger partial charge in [-0.1, -0.05) is 28.6 Å². The number of aromatic nitrogens is 2. The fraction of sp³-hybridized carbons (Fsp3) is 0.238. The Bertz CT molecular complexity index is 1080. The molecule has 32 heavy (non-hydrogen) atoms. The molecule has 0 amide bonds. The summed E-state index contributed by atoms with van der Waals surface area (Å²) in [6.45, 7) is -0.0671. The highest BCUT2D eigenvalue weighted by Gasteiger charge is 2.22. The number of thioether (sulfide) groups is 1. The zero-order chi connectivity index (χ0) is 22.8. The van der Waals surface area contributed by atoms with E-state index in [-0.39, 0.29) is 18.2 Å². The quantitative estimate of drug-likeness (QED) is 0.188. The number of hydrogen-bond acceptors (Lipinski definition) is 9. The molecule has 9 nitrogen and oxygen atoms in total. The first-order chi connectivity index (χ1) is 15.6. The molecule has 4 N–H and O–H groups in total. The van der Waals surface area contributed by atoms with E-state index in [9.17, 15) is 4.79 Å². The van der Waals surface area contributed by atoms with Gasteiger partial charge in [-0.15, -0.1) is 11.8 Å². The molecule has 0 unspecified atom stereocenters. The summed E-state index contributed by atoms with van der Waals surface area (Å²) in [7, 11) is 1.86. The van der Waals surface area contributed by atoms with Gasteiger partial charge in [0.1, 0.15) is 28.2 Å². The second-order valence-corrected chi connectivity index (χ2v) is 8.91. The summed E-state index contributed by atoms with van der Waals surface area (Å²) < 4.78 is 0. The molecule has 166 valence electrons. The topological polar surface area (TPSA) is 139 Å². The Labute approximate surface area is 193 Å². The number of amidine groups is 1. The summed E-state index contributed by atoms with van der Waals surface area (Å²) in [5, 5.41) is 15.1. The number of pyridine rings is 1. The third kappa shape index (κ3) is 7.13. The maximum atomic E-state index is 11.1. The minimum atomic E-state index is -0.0671. The van der Waals surface area contributed by atoms with Gasteiger partial charge in [0, 0.05) is 29.0 Å². The van der Waals surface area contributed by atoms with Gasteiger partial charge < -0.3 is 15.9 Å². The van der Waals surface area contributed by atoms with Crippen LogP contribution in [0.5, 0.6) is 0 Å².